The molecule has 1 fully saturated rings. The Morgan fingerprint density at radius 1 is 1.55 bits per heavy atom. The smallest absolute Gasteiger partial charge is 0.225 e. The molecule has 1 aliphatic rings. The first-order valence-corrected chi connectivity index (χ1v) is 7.10. The highest BCUT2D eigenvalue weighted by Gasteiger charge is 2.24. The van der Waals surface area contributed by atoms with Gasteiger partial charge in [-0.05, 0) is 37.1 Å². The minimum atomic E-state index is -0.277. The van der Waals surface area contributed by atoms with Crippen LogP contribution < -0.4 is 11.1 Å². The van der Waals surface area contributed by atoms with E-state index in [2.05, 4.69) is 17.1 Å². The lowest BCUT2D eigenvalue weighted by Gasteiger charge is -2.34. The Bertz CT molecular complexity index is 464. The normalized spacial score (nSPS) is 23.5. The van der Waals surface area contributed by atoms with Gasteiger partial charge in [0, 0.05) is 30.9 Å². The van der Waals surface area contributed by atoms with E-state index in [0.717, 1.165) is 18.7 Å². The van der Waals surface area contributed by atoms with Gasteiger partial charge in [0.2, 0.25) is 5.91 Å². The molecule has 0 bridgehead atoms. The Kier molecular flexibility index (Phi) is 4.98. The number of benzene rings is 1. The molecular formula is C15H23N3O2. The first kappa shape index (κ1) is 14.8. The van der Waals surface area contributed by atoms with Gasteiger partial charge in [0.1, 0.15) is 0 Å². The summed E-state index contributed by atoms with van der Waals surface area (Å²) in [7, 11) is 0. The highest BCUT2D eigenvalue weighted by atomic mass is 16.3. The Morgan fingerprint density at radius 2 is 2.35 bits per heavy atom. The predicted octanol–water partition coefficient (Wildman–Crippen LogP) is 1.30. The van der Waals surface area contributed by atoms with Crippen molar-refractivity contribution in [1.82, 2.24) is 4.90 Å². The van der Waals surface area contributed by atoms with Crippen LogP contribution in [-0.2, 0) is 4.79 Å². The number of carbonyl (C=O) groups is 1. The SMILES string of the molecule is CC1CCN(CCC(=O)Nc2cccc(N)c2)CC1O. The average molecular weight is 277 g/mol. The van der Waals surface area contributed by atoms with Crippen molar-refractivity contribution >= 4 is 17.3 Å². The molecule has 0 spiro atoms. The molecule has 0 radical (unpaired) electrons. The minimum Gasteiger partial charge on any atom is -0.399 e. The highest BCUT2D eigenvalue weighted by molar-refractivity contribution is 5.91. The number of carbonyl (C=O) groups excluding carboxylic acids is 1. The van der Waals surface area contributed by atoms with Gasteiger partial charge in [-0.2, -0.15) is 0 Å². The van der Waals surface area contributed by atoms with Crippen LogP contribution in [0.15, 0.2) is 24.3 Å². The van der Waals surface area contributed by atoms with E-state index < -0.39 is 0 Å². The molecule has 5 nitrogen and oxygen atoms in total. The molecule has 1 aliphatic heterocycles. The van der Waals surface area contributed by atoms with Gasteiger partial charge in [-0.3, -0.25) is 4.79 Å². The van der Waals surface area contributed by atoms with Gasteiger partial charge >= 0.3 is 0 Å². The first-order valence-electron chi connectivity index (χ1n) is 7.10. The Morgan fingerprint density at radius 3 is 3.05 bits per heavy atom. The van der Waals surface area contributed by atoms with Crippen LogP contribution in [0.3, 0.4) is 0 Å². The molecule has 110 valence electrons. The van der Waals surface area contributed by atoms with Crippen LogP contribution in [0.25, 0.3) is 0 Å². The van der Waals surface area contributed by atoms with Crippen LogP contribution in [-0.4, -0.2) is 41.7 Å². The summed E-state index contributed by atoms with van der Waals surface area (Å²) in [6.45, 7) is 4.35. The number of aliphatic hydroxyl groups is 1. The highest BCUT2D eigenvalue weighted by Crippen LogP contribution is 2.17. The van der Waals surface area contributed by atoms with Crippen molar-refractivity contribution in [3.8, 4) is 0 Å². The fraction of sp³-hybridized carbons (Fsp3) is 0.533. The third-order valence-electron chi connectivity index (χ3n) is 3.83. The molecule has 1 aromatic rings. The molecule has 5 heteroatoms. The molecule has 20 heavy (non-hydrogen) atoms. The molecule has 1 amide bonds. The van der Waals surface area contributed by atoms with Crippen LogP contribution in [0.5, 0.6) is 0 Å². The predicted molar refractivity (Wildman–Crippen MR) is 80.3 cm³/mol. The molecular weight excluding hydrogens is 254 g/mol. The van der Waals surface area contributed by atoms with E-state index in [1.165, 1.54) is 0 Å². The molecule has 1 aromatic carbocycles. The third-order valence-corrected chi connectivity index (χ3v) is 3.83. The molecule has 0 aromatic heterocycles. The van der Waals surface area contributed by atoms with E-state index in [1.807, 2.05) is 12.1 Å². The number of hydrogen-bond donors (Lipinski definition) is 3. The summed E-state index contributed by atoms with van der Waals surface area (Å²) in [6.07, 6.45) is 1.13. The molecule has 0 aliphatic carbocycles. The summed E-state index contributed by atoms with van der Waals surface area (Å²) in [5.41, 5.74) is 7.03. The number of likely N-dealkylation sites (tertiary alicyclic amines) is 1. The maximum Gasteiger partial charge on any atom is 0.225 e. The zero-order chi connectivity index (χ0) is 14.5. The van der Waals surface area contributed by atoms with Crippen LogP contribution in [0.1, 0.15) is 19.8 Å². The number of amides is 1. The molecule has 1 saturated heterocycles. The molecule has 2 rings (SSSR count). The standard InChI is InChI=1S/C15H23N3O2/c1-11-5-7-18(10-14(11)19)8-6-15(20)17-13-4-2-3-12(16)9-13/h2-4,9,11,14,19H,5-8,10,16H2,1H3,(H,17,20). The molecule has 2 unspecified atom stereocenters. The summed E-state index contributed by atoms with van der Waals surface area (Å²) in [5.74, 6) is 0.330. The summed E-state index contributed by atoms with van der Waals surface area (Å²) >= 11 is 0. The van der Waals surface area contributed by atoms with Gasteiger partial charge in [-0.25, -0.2) is 0 Å². The van der Waals surface area contributed by atoms with Crippen molar-refractivity contribution in [1.29, 1.82) is 0 Å². The lowest BCUT2D eigenvalue weighted by molar-refractivity contribution is -0.116. The summed E-state index contributed by atoms with van der Waals surface area (Å²) in [6, 6.07) is 7.16. The quantitative estimate of drug-likeness (QED) is 0.725. The van der Waals surface area contributed by atoms with Gasteiger partial charge in [-0.15, -0.1) is 0 Å². The first-order chi connectivity index (χ1) is 9.54. The number of aliphatic hydroxyl groups excluding tert-OH is 1. The molecule has 0 saturated carbocycles. The number of rotatable bonds is 4. The second-order valence-electron chi connectivity index (χ2n) is 5.56. The molecule has 1 heterocycles. The van der Waals surface area contributed by atoms with Crippen molar-refractivity contribution in [2.24, 2.45) is 5.92 Å². The summed E-state index contributed by atoms with van der Waals surface area (Å²) in [5, 5.41) is 12.7. The molecule has 4 N–H and O–H groups in total. The Labute approximate surface area is 119 Å². The number of nitrogens with two attached hydrogens (primary N) is 1. The lowest BCUT2D eigenvalue weighted by atomic mass is 9.96. The Hall–Kier alpha value is -1.59. The lowest BCUT2D eigenvalue weighted by Crippen LogP contribution is -2.43. The number of anilines is 2. The van der Waals surface area contributed by atoms with E-state index in [4.69, 9.17) is 5.73 Å². The second kappa shape index (κ2) is 6.72. The third kappa shape index (κ3) is 4.21. The van der Waals surface area contributed by atoms with Crippen LogP contribution in [0.4, 0.5) is 11.4 Å². The van der Waals surface area contributed by atoms with Gasteiger partial charge in [0.05, 0.1) is 6.10 Å². The van der Waals surface area contributed by atoms with E-state index in [1.54, 1.807) is 12.1 Å². The molecule has 2 atom stereocenters. The maximum absolute atomic E-state index is 11.9. The van der Waals surface area contributed by atoms with Crippen LogP contribution >= 0.6 is 0 Å². The second-order valence-corrected chi connectivity index (χ2v) is 5.56. The van der Waals surface area contributed by atoms with Crippen LogP contribution in [0.2, 0.25) is 0 Å². The van der Waals surface area contributed by atoms with E-state index in [-0.39, 0.29) is 12.0 Å². The van der Waals surface area contributed by atoms with Crippen LogP contribution in [0, 0.1) is 5.92 Å². The van der Waals surface area contributed by atoms with Gasteiger partial charge in [0.15, 0.2) is 0 Å². The number of nitrogens with zero attached hydrogens (tertiary/aromatic N) is 1. The number of hydrogen-bond acceptors (Lipinski definition) is 4. The van der Waals surface area contributed by atoms with E-state index in [9.17, 15) is 9.90 Å². The zero-order valence-electron chi connectivity index (χ0n) is 11.9. The van der Waals surface area contributed by atoms with E-state index >= 15 is 0 Å². The van der Waals surface area contributed by atoms with Gasteiger partial charge < -0.3 is 21.1 Å². The monoisotopic (exact) mass is 277 g/mol. The van der Waals surface area contributed by atoms with Gasteiger partial charge in [-0.1, -0.05) is 13.0 Å². The zero-order valence-corrected chi connectivity index (χ0v) is 11.9. The Balaban J connectivity index is 1.75. The maximum atomic E-state index is 11.9. The van der Waals surface area contributed by atoms with Crippen molar-refractivity contribution in [3.05, 3.63) is 24.3 Å². The fourth-order valence-corrected chi connectivity index (χ4v) is 2.42. The summed E-state index contributed by atoms with van der Waals surface area (Å²) < 4.78 is 0. The largest absolute Gasteiger partial charge is 0.399 e. The van der Waals surface area contributed by atoms with Crippen molar-refractivity contribution in [2.45, 2.75) is 25.9 Å². The topological polar surface area (TPSA) is 78.6 Å². The number of nitrogen functional groups attached to an aromatic ring is 1. The number of piperidine rings is 1. The van der Waals surface area contributed by atoms with E-state index in [0.29, 0.717) is 31.1 Å². The van der Waals surface area contributed by atoms with Crippen molar-refractivity contribution < 1.29 is 9.90 Å². The average Bonchev–Trinajstić information content (AvgIpc) is 2.40. The number of β-amino-alcohol motifs (C(OH)–C–C–N with tert-alkyl or cyclic N) is 1. The summed E-state index contributed by atoms with van der Waals surface area (Å²) in [4.78, 5) is 14.0. The van der Waals surface area contributed by atoms with Crippen molar-refractivity contribution in [2.75, 3.05) is 30.7 Å². The minimum absolute atomic E-state index is 0.0243. The fourth-order valence-electron chi connectivity index (χ4n) is 2.42. The number of nitrogens with one attached hydrogen (secondary N) is 1. The van der Waals surface area contributed by atoms with Crippen molar-refractivity contribution in [3.63, 3.8) is 0 Å². The van der Waals surface area contributed by atoms with Gasteiger partial charge in [0.25, 0.3) is 0 Å².